The molecule has 1 aromatic carbocycles. The number of aryl methyl sites for hydroxylation is 1. The highest BCUT2D eigenvalue weighted by molar-refractivity contribution is 7.91. The van der Waals surface area contributed by atoms with E-state index in [0.29, 0.717) is 17.5 Å². The monoisotopic (exact) mass is 500 g/mol. The van der Waals surface area contributed by atoms with Gasteiger partial charge in [0.05, 0.1) is 36.4 Å². The second-order valence-corrected chi connectivity index (χ2v) is 10.8. The van der Waals surface area contributed by atoms with E-state index in [1.165, 1.54) is 24.3 Å². The molecular weight excluding hydrogens is 467 g/mol. The van der Waals surface area contributed by atoms with Gasteiger partial charge < -0.3 is 24.4 Å². The Balaban J connectivity index is 1.94. The van der Waals surface area contributed by atoms with Crippen LogP contribution in [0.3, 0.4) is 0 Å². The summed E-state index contributed by atoms with van der Waals surface area (Å²) < 4.78 is 57.6. The smallest absolute Gasteiger partial charge is 0.335 e. The van der Waals surface area contributed by atoms with Crippen LogP contribution in [0.2, 0.25) is 0 Å². The van der Waals surface area contributed by atoms with Crippen LogP contribution in [0.1, 0.15) is 50.7 Å². The number of benzene rings is 1. The van der Waals surface area contributed by atoms with Crippen LogP contribution in [0.25, 0.3) is 0 Å². The molecule has 34 heavy (non-hydrogen) atoms. The van der Waals surface area contributed by atoms with E-state index in [9.17, 15) is 27.8 Å². The lowest BCUT2D eigenvalue weighted by molar-refractivity contribution is -0.154. The Morgan fingerprint density at radius 2 is 1.85 bits per heavy atom. The summed E-state index contributed by atoms with van der Waals surface area (Å²) in [4.78, 5) is 12.8. The third-order valence-electron chi connectivity index (χ3n) is 6.22. The fraction of sp³-hybridized carbons (Fsp3) is 0.625. The predicted octanol–water partition coefficient (Wildman–Crippen LogP) is 2.20. The number of aliphatic hydroxyl groups is 2. The van der Waals surface area contributed by atoms with Crippen LogP contribution in [0.5, 0.6) is 0 Å². The fourth-order valence-electron chi connectivity index (χ4n) is 4.51. The average Bonchev–Trinajstić information content (AvgIpc) is 3.16. The van der Waals surface area contributed by atoms with E-state index >= 15 is 0 Å². The van der Waals surface area contributed by atoms with Crippen molar-refractivity contribution in [2.75, 3.05) is 19.8 Å². The van der Waals surface area contributed by atoms with Crippen LogP contribution in [0.4, 0.5) is 4.39 Å². The van der Waals surface area contributed by atoms with Crippen molar-refractivity contribution in [2.24, 2.45) is 0 Å². The molecule has 0 amide bonds. The molecule has 1 aliphatic carbocycles. The molecule has 1 aliphatic heterocycles. The average molecular weight is 501 g/mol. The summed E-state index contributed by atoms with van der Waals surface area (Å²) in [6.45, 7) is 2.87. The molecule has 2 N–H and O–H groups in total. The Labute approximate surface area is 199 Å². The van der Waals surface area contributed by atoms with E-state index in [1.807, 2.05) is 6.92 Å². The van der Waals surface area contributed by atoms with Gasteiger partial charge in [0.2, 0.25) is 0 Å². The van der Waals surface area contributed by atoms with Gasteiger partial charge in [0.15, 0.2) is 15.6 Å². The number of esters is 1. The molecule has 2 aliphatic rings. The number of hydrogen-bond acceptors (Lipinski definition) is 8. The molecule has 0 aromatic heterocycles. The third-order valence-corrected chi connectivity index (χ3v) is 8.29. The largest absolute Gasteiger partial charge is 0.463 e. The first-order valence-corrected chi connectivity index (χ1v) is 13.4. The summed E-state index contributed by atoms with van der Waals surface area (Å²) >= 11 is 0. The number of sulfone groups is 1. The Morgan fingerprint density at radius 3 is 2.44 bits per heavy atom. The fourth-order valence-corrected chi connectivity index (χ4v) is 6.45. The minimum Gasteiger partial charge on any atom is -0.463 e. The molecule has 1 heterocycles. The maximum absolute atomic E-state index is 13.8. The van der Waals surface area contributed by atoms with Gasteiger partial charge >= 0.3 is 5.97 Å². The van der Waals surface area contributed by atoms with E-state index in [4.69, 9.17) is 14.2 Å². The number of hydrogen-bond donors (Lipinski definition) is 2. The van der Waals surface area contributed by atoms with E-state index in [0.717, 1.165) is 12.8 Å². The lowest BCUT2D eigenvalue weighted by atomic mass is 9.94. The van der Waals surface area contributed by atoms with Crippen LogP contribution in [0.15, 0.2) is 29.8 Å². The molecule has 3 rings (SSSR count). The molecule has 0 bridgehead atoms. The molecule has 1 fully saturated rings. The first-order valence-electron chi connectivity index (χ1n) is 11.6. The van der Waals surface area contributed by atoms with Gasteiger partial charge in [0, 0.05) is 6.42 Å². The lowest BCUT2D eigenvalue weighted by Gasteiger charge is -2.33. The maximum atomic E-state index is 13.8. The molecule has 0 radical (unpaired) electrons. The quantitative estimate of drug-likeness (QED) is 0.470. The Morgan fingerprint density at radius 1 is 1.18 bits per heavy atom. The van der Waals surface area contributed by atoms with Crippen molar-refractivity contribution in [2.45, 2.75) is 74.9 Å². The van der Waals surface area contributed by atoms with Crippen molar-refractivity contribution in [1.29, 1.82) is 0 Å². The number of rotatable bonds is 10. The molecule has 3 atom stereocenters. The zero-order valence-corrected chi connectivity index (χ0v) is 20.4. The summed E-state index contributed by atoms with van der Waals surface area (Å²) in [7, 11) is -3.90. The highest BCUT2D eigenvalue weighted by Crippen LogP contribution is 2.41. The van der Waals surface area contributed by atoms with E-state index < -0.39 is 58.1 Å². The highest BCUT2D eigenvalue weighted by Gasteiger charge is 2.51. The third kappa shape index (κ3) is 5.85. The van der Waals surface area contributed by atoms with E-state index in [-0.39, 0.29) is 30.8 Å². The maximum Gasteiger partial charge on any atom is 0.335 e. The van der Waals surface area contributed by atoms with Crippen molar-refractivity contribution in [3.05, 3.63) is 46.8 Å². The minimum absolute atomic E-state index is 0.0226. The van der Waals surface area contributed by atoms with Gasteiger partial charge in [0.1, 0.15) is 18.0 Å². The molecule has 8 nitrogen and oxygen atoms in total. The second-order valence-electron chi connectivity index (χ2n) is 8.66. The second kappa shape index (κ2) is 11.3. The summed E-state index contributed by atoms with van der Waals surface area (Å²) in [6, 6.07) is 4.09. The Kier molecular flexibility index (Phi) is 8.86. The number of unbranched alkanes of at least 4 members (excludes halogenated alkanes) is 1. The standard InChI is InChI=1S/C24H33FO8S/c1-3-5-6-16-11-18(25)8-7-17(16)15-34(29,30)22-9-10-24(12-19(22)23(28)31-4-2)32-20(13-26)21(14-27)33-24/h7-8,11-12,20-22,26-27H,3-6,9-10,13-15H2,1-2H3/t20-,21-,22?/m1/s1. The van der Waals surface area contributed by atoms with Gasteiger partial charge in [-0.25, -0.2) is 17.6 Å². The zero-order valence-electron chi connectivity index (χ0n) is 19.5. The molecule has 1 unspecified atom stereocenters. The number of ether oxygens (including phenoxy) is 3. The summed E-state index contributed by atoms with van der Waals surface area (Å²) in [6.07, 6.45) is 2.07. The van der Waals surface area contributed by atoms with Crippen LogP contribution < -0.4 is 0 Å². The van der Waals surface area contributed by atoms with Gasteiger partial charge in [-0.15, -0.1) is 0 Å². The van der Waals surface area contributed by atoms with Gasteiger partial charge in [-0.2, -0.15) is 0 Å². The normalized spacial score (nSPS) is 24.3. The van der Waals surface area contributed by atoms with Gasteiger partial charge in [0.25, 0.3) is 0 Å². The molecule has 1 saturated heterocycles. The molecule has 1 aromatic rings. The van der Waals surface area contributed by atoms with Crippen LogP contribution in [0, 0.1) is 5.82 Å². The van der Waals surface area contributed by atoms with Crippen molar-refractivity contribution in [3.63, 3.8) is 0 Å². The topological polar surface area (TPSA) is 119 Å². The van der Waals surface area contributed by atoms with Crippen molar-refractivity contribution in [1.82, 2.24) is 0 Å². The molecule has 10 heteroatoms. The number of carbonyl (C=O) groups excluding carboxylic acids is 1. The lowest BCUT2D eigenvalue weighted by Crippen LogP contribution is -2.41. The zero-order chi connectivity index (χ0) is 24.9. The number of carbonyl (C=O) groups is 1. The summed E-state index contributed by atoms with van der Waals surface area (Å²) in [5, 5.41) is 17.9. The minimum atomic E-state index is -3.90. The molecule has 0 saturated carbocycles. The number of halogens is 1. The van der Waals surface area contributed by atoms with Crippen molar-refractivity contribution >= 4 is 15.8 Å². The van der Waals surface area contributed by atoms with Crippen LogP contribution in [-0.2, 0) is 41.0 Å². The van der Waals surface area contributed by atoms with E-state index in [2.05, 4.69) is 0 Å². The van der Waals surface area contributed by atoms with Crippen LogP contribution >= 0.6 is 0 Å². The van der Waals surface area contributed by atoms with Gasteiger partial charge in [-0.3, -0.25) is 0 Å². The molecule has 1 spiro atoms. The summed E-state index contributed by atoms with van der Waals surface area (Å²) in [5.74, 6) is -3.00. The SMILES string of the molecule is CCCCc1cc(F)ccc1CS(=O)(=O)C1CCC2(C=C1C(=O)OCC)O[C@H](CO)[C@@H](CO)O2. The van der Waals surface area contributed by atoms with E-state index in [1.54, 1.807) is 6.92 Å². The predicted molar refractivity (Wildman–Crippen MR) is 122 cm³/mol. The van der Waals surface area contributed by atoms with Crippen molar-refractivity contribution < 1.29 is 42.0 Å². The van der Waals surface area contributed by atoms with Gasteiger partial charge in [-0.1, -0.05) is 19.4 Å². The number of aliphatic hydroxyl groups excluding tert-OH is 2. The Hall–Kier alpha value is -1.85. The molecule has 190 valence electrons. The van der Waals surface area contributed by atoms with Crippen LogP contribution in [-0.4, -0.2) is 67.7 Å². The highest BCUT2D eigenvalue weighted by atomic mass is 32.2. The van der Waals surface area contributed by atoms with Crippen molar-refractivity contribution in [3.8, 4) is 0 Å². The summed E-state index contributed by atoms with van der Waals surface area (Å²) in [5.41, 5.74) is 1.05. The van der Waals surface area contributed by atoms with Gasteiger partial charge in [-0.05, 0) is 55.5 Å². The first kappa shape index (κ1) is 26.7. The first-order chi connectivity index (χ1) is 16.2. The molecular formula is C24H33FO8S. The Bertz CT molecular complexity index is 994.